The summed E-state index contributed by atoms with van der Waals surface area (Å²) in [6, 6.07) is 7.97. The second kappa shape index (κ2) is 5.64. The van der Waals surface area contributed by atoms with E-state index in [0.29, 0.717) is 13.1 Å². The van der Waals surface area contributed by atoms with Crippen LogP contribution in [0.25, 0.3) is 0 Å². The van der Waals surface area contributed by atoms with Crippen LogP contribution in [0.4, 0.5) is 0 Å². The molecule has 2 aromatic rings. The fourth-order valence-corrected chi connectivity index (χ4v) is 3.10. The van der Waals surface area contributed by atoms with E-state index in [9.17, 15) is 4.79 Å². The number of amides is 1. The van der Waals surface area contributed by atoms with Gasteiger partial charge in [-0.2, -0.15) is 0 Å². The minimum absolute atomic E-state index is 0.147. The number of halogens is 1. The SMILES string of the molecule is CC(C)C1C(=O)N(Cc2ccc(Br)cc2)Cc2cncn21. The molecule has 0 radical (unpaired) electrons. The average Bonchev–Trinajstić information content (AvgIpc) is 2.89. The Kier molecular flexibility index (Phi) is 3.85. The summed E-state index contributed by atoms with van der Waals surface area (Å²) in [5.74, 6) is 0.427. The van der Waals surface area contributed by atoms with Crippen LogP contribution in [0.15, 0.2) is 41.3 Å². The first-order valence-corrected chi connectivity index (χ1v) is 7.89. The number of fused-ring (bicyclic) bond motifs is 1. The second-order valence-corrected chi connectivity index (χ2v) is 6.72. The zero-order chi connectivity index (χ0) is 15.0. The highest BCUT2D eigenvalue weighted by molar-refractivity contribution is 9.10. The highest BCUT2D eigenvalue weighted by atomic mass is 79.9. The summed E-state index contributed by atoms with van der Waals surface area (Å²) >= 11 is 3.44. The van der Waals surface area contributed by atoms with Gasteiger partial charge in [0.05, 0.1) is 18.6 Å². The van der Waals surface area contributed by atoms with Crippen LogP contribution >= 0.6 is 15.9 Å². The van der Waals surface area contributed by atoms with Gasteiger partial charge in [0, 0.05) is 17.2 Å². The number of hydrogen-bond donors (Lipinski definition) is 0. The molecule has 1 aromatic carbocycles. The van der Waals surface area contributed by atoms with Crippen LogP contribution in [-0.2, 0) is 17.9 Å². The molecule has 1 aliphatic rings. The summed E-state index contributed by atoms with van der Waals surface area (Å²) in [7, 11) is 0. The molecule has 0 spiro atoms. The normalized spacial score (nSPS) is 18.2. The fourth-order valence-electron chi connectivity index (χ4n) is 2.83. The molecule has 110 valence electrons. The van der Waals surface area contributed by atoms with Gasteiger partial charge in [-0.05, 0) is 23.6 Å². The second-order valence-electron chi connectivity index (χ2n) is 5.80. The zero-order valence-electron chi connectivity index (χ0n) is 12.2. The number of rotatable bonds is 3. The highest BCUT2D eigenvalue weighted by Gasteiger charge is 2.34. The van der Waals surface area contributed by atoms with Gasteiger partial charge in [-0.3, -0.25) is 4.79 Å². The third kappa shape index (κ3) is 2.75. The standard InChI is InChI=1S/C16H18BrN3O/c1-11(2)15-16(21)19(9-14-7-18-10-20(14)15)8-12-3-5-13(17)6-4-12/h3-7,10-11,15H,8-9H2,1-2H3. The summed E-state index contributed by atoms with van der Waals surface area (Å²) < 4.78 is 3.07. The Morgan fingerprint density at radius 1 is 1.33 bits per heavy atom. The van der Waals surface area contributed by atoms with E-state index >= 15 is 0 Å². The largest absolute Gasteiger partial charge is 0.331 e. The maximum Gasteiger partial charge on any atom is 0.246 e. The molecule has 21 heavy (non-hydrogen) atoms. The lowest BCUT2D eigenvalue weighted by Crippen LogP contribution is -2.43. The van der Waals surface area contributed by atoms with Crippen LogP contribution in [-0.4, -0.2) is 20.4 Å². The maximum atomic E-state index is 12.8. The Labute approximate surface area is 132 Å². The van der Waals surface area contributed by atoms with Crippen molar-refractivity contribution in [2.24, 2.45) is 5.92 Å². The quantitative estimate of drug-likeness (QED) is 0.853. The molecule has 1 aromatic heterocycles. The van der Waals surface area contributed by atoms with Crippen molar-refractivity contribution in [1.29, 1.82) is 0 Å². The molecule has 1 atom stereocenters. The number of aromatic nitrogens is 2. The van der Waals surface area contributed by atoms with E-state index in [1.807, 2.05) is 39.9 Å². The van der Waals surface area contributed by atoms with E-state index in [0.717, 1.165) is 15.7 Å². The molecule has 0 saturated heterocycles. The number of imidazole rings is 1. The Balaban J connectivity index is 1.87. The lowest BCUT2D eigenvalue weighted by molar-refractivity contribution is -0.139. The average molecular weight is 348 g/mol. The van der Waals surface area contributed by atoms with Crippen molar-refractivity contribution < 1.29 is 4.79 Å². The summed E-state index contributed by atoms with van der Waals surface area (Å²) in [4.78, 5) is 18.9. The van der Waals surface area contributed by atoms with E-state index in [-0.39, 0.29) is 17.9 Å². The molecule has 1 unspecified atom stereocenters. The Morgan fingerprint density at radius 3 is 2.71 bits per heavy atom. The topological polar surface area (TPSA) is 38.1 Å². The van der Waals surface area contributed by atoms with Gasteiger partial charge >= 0.3 is 0 Å². The molecule has 3 rings (SSSR count). The predicted octanol–water partition coefficient (Wildman–Crippen LogP) is 3.39. The van der Waals surface area contributed by atoms with Crippen molar-refractivity contribution in [3.8, 4) is 0 Å². The van der Waals surface area contributed by atoms with Crippen LogP contribution in [0.5, 0.6) is 0 Å². The third-order valence-corrected chi connectivity index (χ3v) is 4.41. The fraction of sp³-hybridized carbons (Fsp3) is 0.375. The van der Waals surface area contributed by atoms with Crippen molar-refractivity contribution >= 4 is 21.8 Å². The zero-order valence-corrected chi connectivity index (χ0v) is 13.7. The maximum absolute atomic E-state index is 12.8. The first-order chi connectivity index (χ1) is 10.1. The van der Waals surface area contributed by atoms with Gasteiger partial charge < -0.3 is 9.47 Å². The summed E-state index contributed by atoms with van der Waals surface area (Å²) in [6.07, 6.45) is 3.63. The molecule has 4 nitrogen and oxygen atoms in total. The van der Waals surface area contributed by atoms with Gasteiger partial charge in [0.2, 0.25) is 5.91 Å². The monoisotopic (exact) mass is 347 g/mol. The first kappa shape index (κ1) is 14.3. The molecular formula is C16H18BrN3O. The minimum atomic E-state index is -0.147. The lowest BCUT2D eigenvalue weighted by atomic mass is 9.99. The molecule has 0 saturated carbocycles. The molecule has 0 bridgehead atoms. The minimum Gasteiger partial charge on any atom is -0.331 e. The van der Waals surface area contributed by atoms with Gasteiger partial charge in [0.25, 0.3) is 0 Å². The van der Waals surface area contributed by atoms with Crippen molar-refractivity contribution in [3.63, 3.8) is 0 Å². The van der Waals surface area contributed by atoms with Crippen molar-refractivity contribution in [2.75, 3.05) is 0 Å². The van der Waals surface area contributed by atoms with Gasteiger partial charge in [-0.1, -0.05) is 41.9 Å². The van der Waals surface area contributed by atoms with Crippen LogP contribution < -0.4 is 0 Å². The lowest BCUT2D eigenvalue weighted by Gasteiger charge is -2.35. The van der Waals surface area contributed by atoms with Crippen LogP contribution in [0, 0.1) is 5.92 Å². The van der Waals surface area contributed by atoms with Gasteiger partial charge in [0.1, 0.15) is 6.04 Å². The smallest absolute Gasteiger partial charge is 0.246 e. The molecule has 0 N–H and O–H groups in total. The first-order valence-electron chi connectivity index (χ1n) is 7.10. The van der Waals surface area contributed by atoms with Crippen molar-refractivity contribution in [1.82, 2.24) is 14.5 Å². The Bertz CT molecular complexity index is 648. The van der Waals surface area contributed by atoms with E-state index in [1.54, 1.807) is 6.33 Å². The summed E-state index contributed by atoms with van der Waals surface area (Å²) in [6.45, 7) is 5.42. The van der Waals surface area contributed by atoms with Crippen LogP contribution in [0.2, 0.25) is 0 Å². The van der Waals surface area contributed by atoms with Crippen molar-refractivity contribution in [2.45, 2.75) is 33.0 Å². The molecule has 2 heterocycles. The highest BCUT2D eigenvalue weighted by Crippen LogP contribution is 2.29. The summed E-state index contributed by atoms with van der Waals surface area (Å²) in [5, 5.41) is 0. The van der Waals surface area contributed by atoms with Gasteiger partial charge in [-0.25, -0.2) is 4.98 Å². The number of nitrogens with zero attached hydrogens (tertiary/aromatic N) is 3. The molecular weight excluding hydrogens is 330 g/mol. The number of carbonyl (C=O) groups is 1. The van der Waals surface area contributed by atoms with Gasteiger partial charge in [-0.15, -0.1) is 0 Å². The molecule has 1 amide bonds. The van der Waals surface area contributed by atoms with Gasteiger partial charge in [0.15, 0.2) is 0 Å². The molecule has 5 heteroatoms. The molecule has 1 aliphatic heterocycles. The summed E-state index contributed by atoms with van der Waals surface area (Å²) in [5.41, 5.74) is 2.24. The Hall–Kier alpha value is -1.62. The third-order valence-electron chi connectivity index (χ3n) is 3.88. The molecule has 0 fully saturated rings. The van der Waals surface area contributed by atoms with E-state index in [4.69, 9.17) is 0 Å². The molecule has 0 aliphatic carbocycles. The van der Waals surface area contributed by atoms with E-state index in [2.05, 4.69) is 34.8 Å². The van der Waals surface area contributed by atoms with Crippen LogP contribution in [0.1, 0.15) is 31.1 Å². The van der Waals surface area contributed by atoms with Crippen molar-refractivity contribution in [3.05, 3.63) is 52.5 Å². The van der Waals surface area contributed by atoms with E-state index < -0.39 is 0 Å². The van der Waals surface area contributed by atoms with E-state index in [1.165, 1.54) is 0 Å². The number of carbonyl (C=O) groups excluding carboxylic acids is 1. The Morgan fingerprint density at radius 2 is 2.05 bits per heavy atom. The predicted molar refractivity (Wildman–Crippen MR) is 84.5 cm³/mol. The number of hydrogen-bond acceptors (Lipinski definition) is 2. The number of benzene rings is 1. The van der Waals surface area contributed by atoms with Crippen LogP contribution in [0.3, 0.4) is 0 Å².